The third-order valence-electron chi connectivity index (χ3n) is 3.33. The predicted octanol–water partition coefficient (Wildman–Crippen LogP) is 2.99. The maximum atomic E-state index is 10.8. The van der Waals surface area contributed by atoms with Crippen LogP contribution in [0, 0.1) is 10.1 Å². The number of rotatable bonds is 9. The Morgan fingerprint density at radius 2 is 1.59 bits per heavy atom. The lowest BCUT2D eigenvalue weighted by atomic mass is 10.1. The minimum absolute atomic E-state index is 0.151. The Morgan fingerprint density at radius 3 is 2.18 bits per heavy atom. The number of nitrogens with zero attached hydrogens (tertiary/aromatic N) is 1. The van der Waals surface area contributed by atoms with Gasteiger partial charge in [0, 0.05) is 4.92 Å². The maximum absolute atomic E-state index is 10.8. The van der Waals surface area contributed by atoms with Gasteiger partial charge in [0.1, 0.15) is 0 Å². The third kappa shape index (κ3) is 6.03. The molecule has 0 fully saturated rings. The summed E-state index contributed by atoms with van der Waals surface area (Å²) in [6, 6.07) is 19.3. The largest absolute Gasteiger partial charge is 0.297 e. The van der Waals surface area contributed by atoms with Crippen LogP contribution < -0.4 is 5.48 Å². The molecule has 1 atom stereocenters. The van der Waals surface area contributed by atoms with Crippen molar-refractivity contribution in [1.82, 2.24) is 5.48 Å². The standard InChI is InChI=1S/C17H20N2O3/c20-19(21)13-17(12-11-15-7-3-1-4-8-15)18-22-14-16-9-5-2-6-10-16/h1-10,17-18H,11-14H2/t17-/m0/s1. The lowest BCUT2D eigenvalue weighted by Crippen LogP contribution is -2.36. The van der Waals surface area contributed by atoms with E-state index in [4.69, 9.17) is 4.84 Å². The van der Waals surface area contributed by atoms with Crippen molar-refractivity contribution in [2.75, 3.05) is 6.54 Å². The van der Waals surface area contributed by atoms with Gasteiger partial charge in [-0.25, -0.2) is 0 Å². The van der Waals surface area contributed by atoms with Gasteiger partial charge >= 0.3 is 0 Å². The summed E-state index contributed by atoms with van der Waals surface area (Å²) in [5.74, 6) is 0. The average molecular weight is 300 g/mol. The van der Waals surface area contributed by atoms with Gasteiger partial charge < -0.3 is 0 Å². The van der Waals surface area contributed by atoms with Crippen LogP contribution in [0.3, 0.4) is 0 Å². The SMILES string of the molecule is O=[N+]([O-])C[C@H](CCc1ccccc1)NOCc1ccccc1. The first-order chi connectivity index (χ1) is 10.7. The van der Waals surface area contributed by atoms with Crippen LogP contribution in [0.15, 0.2) is 60.7 Å². The molecule has 0 bridgehead atoms. The normalized spacial score (nSPS) is 12.0. The van der Waals surface area contributed by atoms with Crippen molar-refractivity contribution >= 4 is 0 Å². The first-order valence-corrected chi connectivity index (χ1v) is 7.31. The molecule has 1 N–H and O–H groups in total. The van der Waals surface area contributed by atoms with E-state index in [0.717, 1.165) is 12.0 Å². The number of hydrogen-bond donors (Lipinski definition) is 1. The van der Waals surface area contributed by atoms with Crippen molar-refractivity contribution in [3.05, 3.63) is 81.9 Å². The summed E-state index contributed by atoms with van der Waals surface area (Å²) in [7, 11) is 0. The first-order valence-electron chi connectivity index (χ1n) is 7.31. The quantitative estimate of drug-likeness (QED) is 0.571. The van der Waals surface area contributed by atoms with E-state index >= 15 is 0 Å². The summed E-state index contributed by atoms with van der Waals surface area (Å²) in [5.41, 5.74) is 5.02. The molecule has 0 aliphatic heterocycles. The van der Waals surface area contributed by atoms with Crippen LogP contribution in [-0.2, 0) is 17.9 Å². The van der Waals surface area contributed by atoms with E-state index in [-0.39, 0.29) is 17.5 Å². The number of nitro groups is 1. The van der Waals surface area contributed by atoms with Gasteiger partial charge in [-0.15, -0.1) is 0 Å². The lowest BCUT2D eigenvalue weighted by Gasteiger charge is -2.15. The smallest absolute Gasteiger partial charge is 0.221 e. The van der Waals surface area contributed by atoms with Gasteiger partial charge in [-0.2, -0.15) is 5.48 Å². The summed E-state index contributed by atoms with van der Waals surface area (Å²) in [5, 5.41) is 10.8. The van der Waals surface area contributed by atoms with Gasteiger partial charge in [-0.1, -0.05) is 60.7 Å². The molecule has 0 unspecified atom stereocenters. The summed E-state index contributed by atoms with van der Waals surface area (Å²) < 4.78 is 0. The van der Waals surface area contributed by atoms with Crippen LogP contribution in [-0.4, -0.2) is 17.5 Å². The number of hydroxylamine groups is 1. The highest BCUT2D eigenvalue weighted by molar-refractivity contribution is 5.15. The molecule has 0 radical (unpaired) electrons. The van der Waals surface area contributed by atoms with Gasteiger partial charge in [-0.3, -0.25) is 15.0 Å². The van der Waals surface area contributed by atoms with Crippen molar-refractivity contribution in [2.24, 2.45) is 0 Å². The van der Waals surface area contributed by atoms with Crippen molar-refractivity contribution in [3.8, 4) is 0 Å². The van der Waals surface area contributed by atoms with Crippen LogP contribution in [0.25, 0.3) is 0 Å². The highest BCUT2D eigenvalue weighted by atomic mass is 16.7. The number of hydrogen-bond acceptors (Lipinski definition) is 4. The number of aryl methyl sites for hydroxylation is 1. The first kappa shape index (κ1) is 16.1. The molecular formula is C17H20N2O3. The van der Waals surface area contributed by atoms with E-state index < -0.39 is 0 Å². The van der Waals surface area contributed by atoms with Gasteiger partial charge in [-0.05, 0) is 24.0 Å². The van der Waals surface area contributed by atoms with Gasteiger partial charge in [0.05, 0.1) is 12.6 Å². The molecular weight excluding hydrogens is 280 g/mol. The molecule has 5 heteroatoms. The van der Waals surface area contributed by atoms with E-state index in [1.54, 1.807) is 0 Å². The highest BCUT2D eigenvalue weighted by Gasteiger charge is 2.15. The zero-order valence-corrected chi connectivity index (χ0v) is 12.4. The Balaban J connectivity index is 1.79. The van der Waals surface area contributed by atoms with Crippen LogP contribution in [0.1, 0.15) is 17.5 Å². The van der Waals surface area contributed by atoms with Crippen molar-refractivity contribution in [3.63, 3.8) is 0 Å². The van der Waals surface area contributed by atoms with E-state index in [2.05, 4.69) is 5.48 Å². The average Bonchev–Trinajstić information content (AvgIpc) is 2.54. The Morgan fingerprint density at radius 1 is 1.00 bits per heavy atom. The minimum atomic E-state index is -0.311. The molecule has 0 saturated carbocycles. The van der Waals surface area contributed by atoms with Crippen LogP contribution in [0.2, 0.25) is 0 Å². The van der Waals surface area contributed by atoms with E-state index in [1.807, 2.05) is 60.7 Å². The molecule has 22 heavy (non-hydrogen) atoms. The maximum Gasteiger partial charge on any atom is 0.221 e. The van der Waals surface area contributed by atoms with Crippen molar-refractivity contribution in [1.29, 1.82) is 0 Å². The van der Waals surface area contributed by atoms with E-state index in [9.17, 15) is 10.1 Å². The molecule has 0 saturated heterocycles. The highest BCUT2D eigenvalue weighted by Crippen LogP contribution is 2.06. The molecule has 2 aromatic rings. The Hall–Kier alpha value is -2.24. The topological polar surface area (TPSA) is 64.4 Å². The number of benzene rings is 2. The molecule has 0 spiro atoms. The molecule has 2 rings (SSSR count). The molecule has 5 nitrogen and oxygen atoms in total. The monoisotopic (exact) mass is 300 g/mol. The van der Waals surface area contributed by atoms with Crippen LogP contribution >= 0.6 is 0 Å². The van der Waals surface area contributed by atoms with Crippen LogP contribution in [0.4, 0.5) is 0 Å². The second-order valence-electron chi connectivity index (χ2n) is 5.13. The van der Waals surface area contributed by atoms with Gasteiger partial charge in [0.2, 0.25) is 6.54 Å². The summed E-state index contributed by atoms with van der Waals surface area (Å²) in [6.07, 6.45) is 1.43. The molecule has 0 heterocycles. The predicted molar refractivity (Wildman–Crippen MR) is 84.8 cm³/mol. The Bertz CT molecular complexity index is 561. The van der Waals surface area contributed by atoms with E-state index in [0.29, 0.717) is 13.0 Å². The zero-order valence-electron chi connectivity index (χ0n) is 12.4. The third-order valence-corrected chi connectivity index (χ3v) is 3.33. The molecule has 0 aromatic heterocycles. The summed E-state index contributed by atoms with van der Waals surface area (Å²) in [6.45, 7) is 0.238. The van der Waals surface area contributed by atoms with Crippen LogP contribution in [0.5, 0.6) is 0 Å². The Labute approximate surface area is 130 Å². The fourth-order valence-corrected chi connectivity index (χ4v) is 2.17. The summed E-state index contributed by atoms with van der Waals surface area (Å²) >= 11 is 0. The molecule has 2 aromatic carbocycles. The fraction of sp³-hybridized carbons (Fsp3) is 0.294. The molecule has 116 valence electrons. The lowest BCUT2D eigenvalue weighted by molar-refractivity contribution is -0.485. The Kier molecular flexibility index (Phi) is 6.54. The van der Waals surface area contributed by atoms with Crippen molar-refractivity contribution in [2.45, 2.75) is 25.5 Å². The summed E-state index contributed by atoms with van der Waals surface area (Å²) in [4.78, 5) is 15.9. The fourth-order valence-electron chi connectivity index (χ4n) is 2.17. The second-order valence-corrected chi connectivity index (χ2v) is 5.13. The molecule has 0 aliphatic carbocycles. The van der Waals surface area contributed by atoms with E-state index in [1.165, 1.54) is 5.56 Å². The van der Waals surface area contributed by atoms with Gasteiger partial charge in [0.15, 0.2) is 0 Å². The number of nitrogens with one attached hydrogen (secondary N) is 1. The molecule has 0 aliphatic rings. The van der Waals surface area contributed by atoms with Crippen molar-refractivity contribution < 1.29 is 9.76 Å². The molecule has 0 amide bonds. The second kappa shape index (κ2) is 8.92. The minimum Gasteiger partial charge on any atom is -0.297 e. The van der Waals surface area contributed by atoms with Gasteiger partial charge in [0.25, 0.3) is 0 Å². The zero-order chi connectivity index (χ0) is 15.6.